The van der Waals surface area contributed by atoms with Crippen LogP contribution in [-0.4, -0.2) is 5.78 Å². The zero-order chi connectivity index (χ0) is 14.1. The van der Waals surface area contributed by atoms with Crippen LogP contribution in [0.25, 0.3) is 11.1 Å². The highest BCUT2D eigenvalue weighted by molar-refractivity contribution is 7.16. The van der Waals surface area contributed by atoms with E-state index in [2.05, 4.69) is 0 Å². The Kier molecular flexibility index (Phi) is 3.30. The van der Waals surface area contributed by atoms with Crippen molar-refractivity contribution in [3.8, 4) is 11.1 Å². The SMILES string of the molecule is Nc1ccc(-c2ccsc2C(=O)c2cccs2)cc1N. The minimum atomic E-state index is 0.0559. The number of hydrogen-bond acceptors (Lipinski definition) is 5. The van der Waals surface area contributed by atoms with Crippen molar-refractivity contribution in [3.63, 3.8) is 0 Å². The van der Waals surface area contributed by atoms with Crippen LogP contribution in [0.3, 0.4) is 0 Å². The maximum Gasteiger partial charge on any atom is 0.213 e. The summed E-state index contributed by atoms with van der Waals surface area (Å²) in [6.45, 7) is 0. The Morgan fingerprint density at radius 3 is 2.50 bits per heavy atom. The lowest BCUT2D eigenvalue weighted by atomic mass is 10.0. The van der Waals surface area contributed by atoms with Crippen molar-refractivity contribution in [2.45, 2.75) is 0 Å². The summed E-state index contributed by atoms with van der Waals surface area (Å²) in [6, 6.07) is 11.1. The van der Waals surface area contributed by atoms with Gasteiger partial charge < -0.3 is 11.5 Å². The van der Waals surface area contributed by atoms with Crippen LogP contribution in [0.15, 0.2) is 47.2 Å². The Balaban J connectivity index is 2.06. The Labute approximate surface area is 124 Å². The average Bonchev–Trinajstić information content (AvgIpc) is 3.11. The van der Waals surface area contributed by atoms with Crippen LogP contribution < -0.4 is 11.5 Å². The van der Waals surface area contributed by atoms with Gasteiger partial charge in [-0.1, -0.05) is 12.1 Å². The Hall–Kier alpha value is -2.11. The smallest absolute Gasteiger partial charge is 0.213 e. The molecule has 0 aliphatic rings. The van der Waals surface area contributed by atoms with Crippen LogP contribution in [0, 0.1) is 0 Å². The maximum absolute atomic E-state index is 12.5. The third kappa shape index (κ3) is 2.21. The molecule has 0 unspecified atom stereocenters. The lowest BCUT2D eigenvalue weighted by Crippen LogP contribution is -1.98. The molecule has 0 amide bonds. The summed E-state index contributed by atoms with van der Waals surface area (Å²) in [7, 11) is 0. The fourth-order valence-electron chi connectivity index (χ4n) is 1.97. The molecule has 5 heteroatoms. The topological polar surface area (TPSA) is 69.1 Å². The molecule has 0 spiro atoms. The monoisotopic (exact) mass is 300 g/mol. The number of carbonyl (C=O) groups excluding carboxylic acids is 1. The molecule has 2 aromatic heterocycles. The molecule has 0 saturated carbocycles. The van der Waals surface area contributed by atoms with Gasteiger partial charge in [-0.25, -0.2) is 0 Å². The third-order valence-electron chi connectivity index (χ3n) is 3.01. The van der Waals surface area contributed by atoms with E-state index in [0.717, 1.165) is 20.9 Å². The second kappa shape index (κ2) is 5.11. The van der Waals surface area contributed by atoms with Crippen molar-refractivity contribution < 1.29 is 4.79 Å². The van der Waals surface area contributed by atoms with E-state index in [1.165, 1.54) is 22.7 Å². The molecule has 3 aromatic rings. The van der Waals surface area contributed by atoms with E-state index in [9.17, 15) is 4.79 Å². The number of hydrogen-bond donors (Lipinski definition) is 2. The van der Waals surface area contributed by atoms with Gasteiger partial charge in [0.15, 0.2) is 0 Å². The molecule has 20 heavy (non-hydrogen) atoms. The fourth-order valence-corrected chi connectivity index (χ4v) is 3.58. The van der Waals surface area contributed by atoms with Gasteiger partial charge in [-0.05, 0) is 40.6 Å². The Morgan fingerprint density at radius 1 is 0.950 bits per heavy atom. The van der Waals surface area contributed by atoms with Gasteiger partial charge in [0, 0.05) is 5.56 Å². The normalized spacial score (nSPS) is 10.6. The zero-order valence-corrected chi connectivity index (χ0v) is 12.1. The Bertz CT molecular complexity index is 760. The van der Waals surface area contributed by atoms with E-state index in [-0.39, 0.29) is 5.78 Å². The molecule has 4 N–H and O–H groups in total. The van der Waals surface area contributed by atoms with Crippen molar-refractivity contribution in [2.24, 2.45) is 0 Å². The molecule has 3 rings (SSSR count). The van der Waals surface area contributed by atoms with Gasteiger partial charge in [-0.3, -0.25) is 4.79 Å². The predicted octanol–water partition coefficient (Wildman–Crippen LogP) is 3.87. The van der Waals surface area contributed by atoms with E-state index in [1.807, 2.05) is 41.1 Å². The number of ketones is 1. The summed E-state index contributed by atoms with van der Waals surface area (Å²) in [5, 5.41) is 3.82. The quantitative estimate of drug-likeness (QED) is 0.570. The van der Waals surface area contributed by atoms with Crippen molar-refractivity contribution in [2.75, 3.05) is 11.5 Å². The average molecular weight is 300 g/mol. The van der Waals surface area contributed by atoms with Crippen molar-refractivity contribution >= 4 is 39.8 Å². The minimum Gasteiger partial charge on any atom is -0.397 e. The van der Waals surface area contributed by atoms with Crippen LogP contribution in [0.1, 0.15) is 14.5 Å². The molecule has 0 atom stereocenters. The highest BCUT2D eigenvalue weighted by Crippen LogP contribution is 2.33. The van der Waals surface area contributed by atoms with E-state index < -0.39 is 0 Å². The minimum absolute atomic E-state index is 0.0559. The number of nitrogens with two attached hydrogens (primary N) is 2. The van der Waals surface area contributed by atoms with E-state index in [4.69, 9.17) is 11.5 Å². The molecule has 2 heterocycles. The molecular formula is C15H12N2OS2. The second-order valence-electron chi connectivity index (χ2n) is 4.31. The highest BCUT2D eigenvalue weighted by Gasteiger charge is 2.17. The van der Waals surface area contributed by atoms with Gasteiger partial charge >= 0.3 is 0 Å². The molecule has 0 bridgehead atoms. The number of anilines is 2. The van der Waals surface area contributed by atoms with Crippen molar-refractivity contribution in [1.29, 1.82) is 0 Å². The van der Waals surface area contributed by atoms with Crippen LogP contribution >= 0.6 is 22.7 Å². The van der Waals surface area contributed by atoms with Crippen molar-refractivity contribution in [3.05, 3.63) is 56.9 Å². The van der Waals surface area contributed by atoms with Gasteiger partial charge in [0.25, 0.3) is 0 Å². The van der Waals surface area contributed by atoms with Crippen molar-refractivity contribution in [1.82, 2.24) is 0 Å². The standard InChI is InChI=1S/C15H12N2OS2/c16-11-4-3-9(8-12(11)17)10-5-7-20-15(10)14(18)13-2-1-6-19-13/h1-8H,16-17H2. The number of rotatable bonds is 3. The predicted molar refractivity (Wildman–Crippen MR) is 86.3 cm³/mol. The van der Waals surface area contributed by atoms with Crippen LogP contribution in [-0.2, 0) is 0 Å². The fraction of sp³-hybridized carbons (Fsp3) is 0. The Morgan fingerprint density at radius 2 is 1.80 bits per heavy atom. The summed E-state index contributed by atoms with van der Waals surface area (Å²) in [4.78, 5) is 14.0. The van der Waals surface area contributed by atoms with Crippen LogP contribution in [0.4, 0.5) is 11.4 Å². The van der Waals surface area contributed by atoms with Crippen LogP contribution in [0.5, 0.6) is 0 Å². The first-order valence-corrected chi connectivity index (χ1v) is 7.74. The van der Waals surface area contributed by atoms with Gasteiger partial charge in [-0.2, -0.15) is 0 Å². The number of benzene rings is 1. The summed E-state index contributed by atoms with van der Waals surface area (Å²) >= 11 is 2.90. The van der Waals surface area contributed by atoms with E-state index in [0.29, 0.717) is 11.4 Å². The number of carbonyl (C=O) groups is 1. The van der Waals surface area contributed by atoms with Gasteiger partial charge in [0.2, 0.25) is 5.78 Å². The molecule has 3 nitrogen and oxygen atoms in total. The molecule has 0 radical (unpaired) electrons. The molecular weight excluding hydrogens is 288 g/mol. The molecule has 0 aliphatic heterocycles. The molecule has 0 saturated heterocycles. The van der Waals surface area contributed by atoms with Gasteiger partial charge in [0.05, 0.1) is 21.1 Å². The van der Waals surface area contributed by atoms with E-state index in [1.54, 1.807) is 6.07 Å². The summed E-state index contributed by atoms with van der Waals surface area (Å²) in [5.41, 5.74) is 14.5. The summed E-state index contributed by atoms with van der Waals surface area (Å²) in [5.74, 6) is 0.0559. The largest absolute Gasteiger partial charge is 0.397 e. The lowest BCUT2D eigenvalue weighted by Gasteiger charge is -2.05. The zero-order valence-electron chi connectivity index (χ0n) is 10.5. The first-order valence-electron chi connectivity index (χ1n) is 5.98. The molecule has 1 aromatic carbocycles. The van der Waals surface area contributed by atoms with Gasteiger partial charge in [-0.15, -0.1) is 22.7 Å². The summed E-state index contributed by atoms with van der Waals surface area (Å²) < 4.78 is 0. The van der Waals surface area contributed by atoms with Crippen LogP contribution in [0.2, 0.25) is 0 Å². The third-order valence-corrected chi connectivity index (χ3v) is 4.80. The molecule has 0 fully saturated rings. The first kappa shape index (κ1) is 12.9. The number of nitrogen functional groups attached to an aromatic ring is 2. The molecule has 0 aliphatic carbocycles. The second-order valence-corrected chi connectivity index (χ2v) is 6.18. The first-order chi connectivity index (χ1) is 9.66. The highest BCUT2D eigenvalue weighted by atomic mass is 32.1. The summed E-state index contributed by atoms with van der Waals surface area (Å²) in [6.07, 6.45) is 0. The number of thiophene rings is 2. The van der Waals surface area contributed by atoms with E-state index >= 15 is 0 Å². The van der Waals surface area contributed by atoms with Gasteiger partial charge in [0.1, 0.15) is 0 Å². The molecule has 100 valence electrons. The maximum atomic E-state index is 12.5. The lowest BCUT2D eigenvalue weighted by molar-refractivity contribution is 0.104.